The highest BCUT2D eigenvalue weighted by Gasteiger charge is 2.13. The molecule has 5 nitrogen and oxygen atoms in total. The normalized spacial score (nSPS) is 12.1. The van der Waals surface area contributed by atoms with E-state index in [9.17, 15) is 9.00 Å². The average molecular weight is 303 g/mol. The van der Waals surface area contributed by atoms with Crippen molar-refractivity contribution in [2.24, 2.45) is 0 Å². The number of para-hydroxylation sites is 1. The fraction of sp³-hybridized carbons (Fsp3) is 0.100. The first-order valence-corrected chi connectivity index (χ1v) is 7.39. The summed E-state index contributed by atoms with van der Waals surface area (Å²) < 4.78 is 24.2. The van der Waals surface area contributed by atoms with Crippen LogP contribution in [0.15, 0.2) is 34.0 Å². The Labute approximate surface area is 114 Å². The van der Waals surface area contributed by atoms with Gasteiger partial charge in [0.1, 0.15) is 5.75 Å². The minimum Gasteiger partial charge on any atom is -0.434 e. The summed E-state index contributed by atoms with van der Waals surface area (Å²) in [5, 5.41) is -0.194. The van der Waals surface area contributed by atoms with Gasteiger partial charge in [-0.05, 0) is 12.1 Å². The quantitative estimate of drug-likeness (QED) is 0.868. The molecule has 2 rings (SSSR count). The first-order chi connectivity index (χ1) is 8.59. The summed E-state index contributed by atoms with van der Waals surface area (Å²) in [4.78, 5) is 12.1. The van der Waals surface area contributed by atoms with Crippen molar-refractivity contribution in [3.63, 3.8) is 0 Å². The van der Waals surface area contributed by atoms with Crippen LogP contribution < -0.4 is 10.2 Å². The molecule has 94 valence electrons. The summed E-state index contributed by atoms with van der Waals surface area (Å²) in [6.07, 6.45) is 1.52. The van der Waals surface area contributed by atoms with Crippen molar-refractivity contribution in [3.8, 4) is 11.6 Å². The van der Waals surface area contributed by atoms with Gasteiger partial charge >= 0.3 is 0 Å². The van der Waals surface area contributed by atoms with Crippen molar-refractivity contribution >= 4 is 34.1 Å². The van der Waals surface area contributed by atoms with E-state index in [0.717, 1.165) is 11.7 Å². The van der Waals surface area contributed by atoms with Gasteiger partial charge in [-0.1, -0.05) is 23.7 Å². The van der Waals surface area contributed by atoms with Gasteiger partial charge in [0.15, 0.2) is 5.15 Å². The Bertz CT molecular complexity index is 660. The first kappa shape index (κ1) is 13.1. The van der Waals surface area contributed by atoms with Crippen molar-refractivity contribution in [1.29, 1.82) is 0 Å². The summed E-state index contributed by atoms with van der Waals surface area (Å²) in [7, 11) is -1.23. The fourth-order valence-corrected chi connectivity index (χ4v) is 2.43. The zero-order valence-corrected chi connectivity index (χ0v) is 11.5. The molecule has 1 unspecified atom stereocenters. The molecule has 0 amide bonds. The van der Waals surface area contributed by atoms with Crippen LogP contribution in [0.1, 0.15) is 0 Å². The molecule has 0 fully saturated rings. The number of aromatic nitrogens is 2. The number of nitrogens with zero attached hydrogens (tertiary/aromatic N) is 2. The van der Waals surface area contributed by atoms with Crippen LogP contribution in [0.25, 0.3) is 0 Å². The molecule has 1 heterocycles. The molecule has 0 saturated carbocycles. The minimum atomic E-state index is -1.23. The third-order valence-electron chi connectivity index (χ3n) is 1.99. The Balaban J connectivity index is 2.44. The van der Waals surface area contributed by atoms with Gasteiger partial charge in [-0.2, -0.15) is 4.37 Å². The zero-order chi connectivity index (χ0) is 13.1. The van der Waals surface area contributed by atoms with Crippen molar-refractivity contribution in [2.75, 3.05) is 6.26 Å². The van der Waals surface area contributed by atoms with Gasteiger partial charge in [0, 0.05) is 6.26 Å². The van der Waals surface area contributed by atoms with Gasteiger partial charge in [0.05, 0.1) is 27.4 Å². The lowest BCUT2D eigenvalue weighted by molar-refractivity contribution is 0.450. The number of hydrogen-bond donors (Lipinski definition) is 0. The Kier molecular flexibility index (Phi) is 4.05. The molecule has 0 bridgehead atoms. The molecular weight excluding hydrogens is 296 g/mol. The fourth-order valence-electron chi connectivity index (χ4n) is 1.21. The molecule has 2 aromatic rings. The summed E-state index contributed by atoms with van der Waals surface area (Å²) in [6, 6.07) is 6.71. The molecule has 1 aromatic heterocycles. The van der Waals surface area contributed by atoms with Crippen LogP contribution in [0.5, 0.6) is 11.6 Å². The van der Waals surface area contributed by atoms with Crippen LogP contribution in [0.3, 0.4) is 0 Å². The van der Waals surface area contributed by atoms with Gasteiger partial charge in [-0.3, -0.25) is 9.00 Å². The number of hydrogen-bond acceptors (Lipinski definition) is 6. The molecule has 0 spiro atoms. The monoisotopic (exact) mass is 302 g/mol. The van der Waals surface area contributed by atoms with Crippen LogP contribution in [-0.4, -0.2) is 19.2 Å². The maximum atomic E-state index is 11.6. The van der Waals surface area contributed by atoms with Crippen molar-refractivity contribution in [1.82, 2.24) is 8.75 Å². The van der Waals surface area contributed by atoms with Gasteiger partial charge in [-0.15, -0.1) is 4.37 Å². The van der Waals surface area contributed by atoms with Crippen LogP contribution in [0, 0.1) is 0 Å². The van der Waals surface area contributed by atoms with E-state index in [-0.39, 0.29) is 11.0 Å². The first-order valence-electron chi connectivity index (χ1n) is 4.72. The van der Waals surface area contributed by atoms with Crippen LogP contribution >= 0.6 is 23.3 Å². The molecule has 0 aliphatic rings. The van der Waals surface area contributed by atoms with E-state index < -0.39 is 16.2 Å². The molecule has 1 atom stereocenters. The predicted octanol–water partition coefficient (Wildman–Crippen LogP) is 2.08. The second-order valence-corrected chi connectivity index (χ2v) is 5.43. The lowest BCUT2D eigenvalue weighted by atomic mass is 10.3. The van der Waals surface area contributed by atoms with Crippen LogP contribution in [0.4, 0.5) is 0 Å². The summed E-state index contributed by atoms with van der Waals surface area (Å²) in [5.74, 6) is 0.148. The minimum absolute atomic E-state index is 0.169. The van der Waals surface area contributed by atoms with Crippen LogP contribution in [0.2, 0.25) is 5.15 Å². The van der Waals surface area contributed by atoms with Crippen molar-refractivity contribution < 1.29 is 8.95 Å². The van der Waals surface area contributed by atoms with Gasteiger partial charge < -0.3 is 4.74 Å². The molecule has 0 saturated heterocycles. The van der Waals surface area contributed by atoms with Crippen molar-refractivity contribution in [2.45, 2.75) is 4.90 Å². The third kappa shape index (κ3) is 2.74. The summed E-state index contributed by atoms with van der Waals surface area (Å²) in [5.41, 5.74) is -0.591. The number of rotatable bonds is 3. The van der Waals surface area contributed by atoms with E-state index in [1.807, 2.05) is 0 Å². The second kappa shape index (κ2) is 5.55. The smallest absolute Gasteiger partial charge is 0.283 e. The zero-order valence-electron chi connectivity index (χ0n) is 9.12. The Morgan fingerprint density at radius 3 is 2.78 bits per heavy atom. The Hall–Kier alpha value is -1.31. The van der Waals surface area contributed by atoms with E-state index in [0.29, 0.717) is 10.6 Å². The maximum Gasteiger partial charge on any atom is 0.283 e. The van der Waals surface area contributed by atoms with Crippen LogP contribution in [-0.2, 0) is 10.8 Å². The molecule has 0 aliphatic heterocycles. The van der Waals surface area contributed by atoms with Gasteiger partial charge in [-0.25, -0.2) is 0 Å². The largest absolute Gasteiger partial charge is 0.434 e. The number of benzene rings is 1. The molecule has 8 heteroatoms. The van der Waals surface area contributed by atoms with Gasteiger partial charge in [0.2, 0.25) is 0 Å². The van der Waals surface area contributed by atoms with E-state index >= 15 is 0 Å². The molecule has 1 aromatic carbocycles. The van der Waals surface area contributed by atoms with E-state index in [1.165, 1.54) is 6.26 Å². The molecule has 0 aliphatic carbocycles. The Morgan fingerprint density at radius 1 is 1.33 bits per heavy atom. The average Bonchev–Trinajstić information content (AvgIpc) is 2.35. The molecular formula is C10H7ClN2O3S2. The predicted molar refractivity (Wildman–Crippen MR) is 70.0 cm³/mol. The SMILES string of the molecule is CS(=O)c1ccccc1Oc1nsnc(Cl)c1=O. The second-order valence-electron chi connectivity index (χ2n) is 3.19. The van der Waals surface area contributed by atoms with E-state index in [4.69, 9.17) is 16.3 Å². The van der Waals surface area contributed by atoms with E-state index in [1.54, 1.807) is 24.3 Å². The highest BCUT2D eigenvalue weighted by Crippen LogP contribution is 2.24. The summed E-state index contributed by atoms with van der Waals surface area (Å²) >= 11 is 6.36. The molecule has 0 N–H and O–H groups in total. The molecule has 18 heavy (non-hydrogen) atoms. The maximum absolute atomic E-state index is 11.6. The molecule has 0 radical (unpaired) electrons. The highest BCUT2D eigenvalue weighted by molar-refractivity contribution is 7.84. The van der Waals surface area contributed by atoms with Crippen molar-refractivity contribution in [3.05, 3.63) is 39.6 Å². The summed E-state index contributed by atoms with van der Waals surface area (Å²) in [6.45, 7) is 0. The Morgan fingerprint density at radius 2 is 2.06 bits per heavy atom. The standard InChI is InChI=1S/C10H7ClN2O3S2/c1-18(15)7-5-3-2-4-6(7)16-10-8(14)9(11)12-17-13-10/h2-5H,1H3. The lowest BCUT2D eigenvalue weighted by Crippen LogP contribution is -2.08. The number of ether oxygens (including phenoxy) is 1. The third-order valence-corrected chi connectivity index (χ3v) is 3.82. The topological polar surface area (TPSA) is 69.2 Å². The number of halogens is 1. The van der Waals surface area contributed by atoms with Gasteiger partial charge in [0.25, 0.3) is 11.3 Å². The van der Waals surface area contributed by atoms with E-state index in [2.05, 4.69) is 8.75 Å². The highest BCUT2D eigenvalue weighted by atomic mass is 35.5. The lowest BCUT2D eigenvalue weighted by Gasteiger charge is -2.06.